The van der Waals surface area contributed by atoms with Crippen molar-refractivity contribution in [1.29, 1.82) is 0 Å². The maximum absolute atomic E-state index is 12.2. The quantitative estimate of drug-likeness (QED) is 0.736. The number of alkyl halides is 2. The lowest BCUT2D eigenvalue weighted by atomic mass is 10.1. The van der Waals surface area contributed by atoms with Gasteiger partial charge in [-0.05, 0) is 48.9 Å². The van der Waals surface area contributed by atoms with Gasteiger partial charge in [0.2, 0.25) is 0 Å². The number of rotatable bonds is 4. The Labute approximate surface area is 134 Å². The molecule has 0 bridgehead atoms. The second-order valence-electron chi connectivity index (χ2n) is 4.32. The highest BCUT2D eigenvalue weighted by Gasteiger charge is 2.09. The average molecular weight is 372 g/mol. The number of carbonyl (C=O) groups is 1. The number of halogens is 3. The standard InChI is InChI=1S/C15H12BrF2NOS/c1-9-2-3-10(8-13(9)16)14(20)19-11-4-6-12(7-5-11)21-15(17)18/h2-8,15H,1H3,(H,19,20). The van der Waals surface area contributed by atoms with E-state index in [2.05, 4.69) is 21.2 Å². The summed E-state index contributed by atoms with van der Waals surface area (Å²) in [7, 11) is 0. The van der Waals surface area contributed by atoms with Crippen molar-refractivity contribution in [2.24, 2.45) is 0 Å². The molecule has 0 fully saturated rings. The first-order valence-electron chi connectivity index (χ1n) is 6.08. The summed E-state index contributed by atoms with van der Waals surface area (Å²) in [6.45, 7) is 1.94. The average Bonchev–Trinajstić information content (AvgIpc) is 2.43. The molecule has 2 aromatic carbocycles. The molecule has 0 atom stereocenters. The van der Waals surface area contributed by atoms with E-state index in [9.17, 15) is 13.6 Å². The van der Waals surface area contributed by atoms with Crippen molar-refractivity contribution in [1.82, 2.24) is 0 Å². The largest absolute Gasteiger partial charge is 0.322 e. The minimum absolute atomic E-state index is 0.245. The van der Waals surface area contributed by atoms with Crippen LogP contribution >= 0.6 is 27.7 Å². The van der Waals surface area contributed by atoms with Crippen LogP contribution in [0.5, 0.6) is 0 Å². The number of amides is 1. The van der Waals surface area contributed by atoms with Gasteiger partial charge in [-0.2, -0.15) is 8.78 Å². The predicted octanol–water partition coefficient (Wildman–Crippen LogP) is 5.32. The number of anilines is 1. The highest BCUT2D eigenvalue weighted by molar-refractivity contribution is 9.10. The van der Waals surface area contributed by atoms with Crippen LogP contribution in [0.1, 0.15) is 15.9 Å². The van der Waals surface area contributed by atoms with Crippen LogP contribution in [-0.4, -0.2) is 11.7 Å². The highest BCUT2D eigenvalue weighted by Crippen LogP contribution is 2.26. The molecular weight excluding hydrogens is 360 g/mol. The third kappa shape index (κ3) is 4.54. The normalized spacial score (nSPS) is 10.7. The van der Waals surface area contributed by atoms with Gasteiger partial charge in [0.25, 0.3) is 11.7 Å². The Morgan fingerprint density at radius 3 is 2.43 bits per heavy atom. The Morgan fingerprint density at radius 2 is 1.86 bits per heavy atom. The Morgan fingerprint density at radius 1 is 1.19 bits per heavy atom. The molecule has 0 radical (unpaired) electrons. The zero-order chi connectivity index (χ0) is 15.4. The molecule has 2 nitrogen and oxygen atoms in total. The number of benzene rings is 2. The van der Waals surface area contributed by atoms with Gasteiger partial charge in [-0.3, -0.25) is 4.79 Å². The van der Waals surface area contributed by atoms with Gasteiger partial charge >= 0.3 is 0 Å². The lowest BCUT2D eigenvalue weighted by Crippen LogP contribution is -2.11. The summed E-state index contributed by atoms with van der Waals surface area (Å²) >= 11 is 3.85. The summed E-state index contributed by atoms with van der Waals surface area (Å²) in [5.41, 5.74) is 2.13. The van der Waals surface area contributed by atoms with Gasteiger partial charge in [-0.1, -0.05) is 33.8 Å². The molecule has 6 heteroatoms. The van der Waals surface area contributed by atoms with Crippen molar-refractivity contribution in [2.45, 2.75) is 17.6 Å². The van der Waals surface area contributed by atoms with Crippen molar-refractivity contribution < 1.29 is 13.6 Å². The van der Waals surface area contributed by atoms with Crippen molar-refractivity contribution >= 4 is 39.3 Å². The fourth-order valence-electron chi connectivity index (χ4n) is 1.66. The second kappa shape index (κ2) is 7.04. The fourth-order valence-corrected chi connectivity index (χ4v) is 2.53. The molecule has 0 spiro atoms. The van der Waals surface area contributed by atoms with Crippen molar-refractivity contribution in [3.05, 3.63) is 58.1 Å². The summed E-state index contributed by atoms with van der Waals surface area (Å²) in [6, 6.07) is 11.6. The predicted molar refractivity (Wildman–Crippen MR) is 85.1 cm³/mol. The summed E-state index contributed by atoms with van der Waals surface area (Å²) in [4.78, 5) is 12.5. The molecule has 2 rings (SSSR count). The Bertz CT molecular complexity index is 647. The van der Waals surface area contributed by atoms with E-state index in [1.54, 1.807) is 36.4 Å². The number of thioether (sulfide) groups is 1. The van der Waals surface area contributed by atoms with Crippen LogP contribution in [0.3, 0.4) is 0 Å². The van der Waals surface area contributed by atoms with E-state index in [4.69, 9.17) is 0 Å². The van der Waals surface area contributed by atoms with Crippen LogP contribution in [0.2, 0.25) is 0 Å². The second-order valence-corrected chi connectivity index (χ2v) is 6.24. The molecule has 21 heavy (non-hydrogen) atoms. The van der Waals surface area contributed by atoms with Crippen molar-refractivity contribution in [3.63, 3.8) is 0 Å². The van der Waals surface area contributed by atoms with Gasteiger partial charge in [-0.15, -0.1) is 0 Å². The number of hydrogen-bond acceptors (Lipinski definition) is 2. The van der Waals surface area contributed by atoms with E-state index < -0.39 is 5.76 Å². The Hall–Kier alpha value is -1.40. The van der Waals surface area contributed by atoms with E-state index in [1.165, 1.54) is 0 Å². The highest BCUT2D eigenvalue weighted by atomic mass is 79.9. The third-order valence-electron chi connectivity index (χ3n) is 2.77. The van der Waals surface area contributed by atoms with Crippen LogP contribution in [0.25, 0.3) is 0 Å². The molecule has 0 saturated heterocycles. The topological polar surface area (TPSA) is 29.1 Å². The number of nitrogens with one attached hydrogen (secondary N) is 1. The van der Waals surface area contributed by atoms with Crippen molar-refractivity contribution in [2.75, 3.05) is 5.32 Å². The van der Waals surface area contributed by atoms with E-state index in [0.717, 1.165) is 10.0 Å². The van der Waals surface area contributed by atoms with Crippen LogP contribution in [0.15, 0.2) is 51.8 Å². The molecule has 0 saturated carbocycles. The monoisotopic (exact) mass is 371 g/mol. The SMILES string of the molecule is Cc1ccc(C(=O)Nc2ccc(SC(F)F)cc2)cc1Br. The van der Waals surface area contributed by atoms with Gasteiger partial charge < -0.3 is 5.32 Å². The molecule has 0 aliphatic rings. The van der Waals surface area contributed by atoms with Gasteiger partial charge in [0, 0.05) is 20.6 Å². The number of aryl methyl sites for hydroxylation is 1. The van der Waals surface area contributed by atoms with Crippen LogP contribution < -0.4 is 5.32 Å². The number of hydrogen-bond donors (Lipinski definition) is 1. The first kappa shape index (κ1) is 16.0. The number of carbonyl (C=O) groups excluding carboxylic acids is 1. The van der Waals surface area contributed by atoms with Crippen molar-refractivity contribution in [3.8, 4) is 0 Å². The van der Waals surface area contributed by atoms with E-state index in [0.29, 0.717) is 27.9 Å². The van der Waals surface area contributed by atoms with Gasteiger partial charge in [0.1, 0.15) is 0 Å². The summed E-state index contributed by atoms with van der Waals surface area (Å²) in [5, 5.41) is 2.73. The first-order chi connectivity index (χ1) is 9.95. The van der Waals surface area contributed by atoms with E-state index in [1.807, 2.05) is 13.0 Å². The van der Waals surface area contributed by atoms with Crippen LogP contribution in [0, 0.1) is 6.92 Å². The molecule has 0 heterocycles. The first-order valence-corrected chi connectivity index (χ1v) is 7.75. The zero-order valence-corrected chi connectivity index (χ0v) is 13.5. The summed E-state index contributed by atoms with van der Waals surface area (Å²) in [5.74, 6) is -2.69. The smallest absolute Gasteiger partial charge is 0.288 e. The minimum atomic E-state index is -2.45. The molecule has 2 aromatic rings. The molecule has 1 N–H and O–H groups in total. The van der Waals surface area contributed by atoms with E-state index >= 15 is 0 Å². The molecule has 1 amide bonds. The Balaban J connectivity index is 2.06. The lowest BCUT2D eigenvalue weighted by Gasteiger charge is -2.07. The molecule has 0 aliphatic carbocycles. The Kier molecular flexibility index (Phi) is 5.36. The van der Waals surface area contributed by atoms with Gasteiger partial charge in [-0.25, -0.2) is 0 Å². The van der Waals surface area contributed by atoms with Gasteiger partial charge in [0.05, 0.1) is 0 Å². The maximum atomic E-state index is 12.2. The van der Waals surface area contributed by atoms with Crippen LogP contribution in [0.4, 0.5) is 14.5 Å². The molecule has 0 aliphatic heterocycles. The minimum Gasteiger partial charge on any atom is -0.322 e. The lowest BCUT2D eigenvalue weighted by molar-refractivity contribution is 0.102. The summed E-state index contributed by atoms with van der Waals surface area (Å²) in [6.07, 6.45) is 0. The van der Waals surface area contributed by atoms with E-state index in [-0.39, 0.29) is 5.91 Å². The molecular formula is C15H12BrF2NOS. The fraction of sp³-hybridized carbons (Fsp3) is 0.133. The van der Waals surface area contributed by atoms with Crippen LogP contribution in [-0.2, 0) is 0 Å². The van der Waals surface area contributed by atoms with Gasteiger partial charge in [0.15, 0.2) is 0 Å². The third-order valence-corrected chi connectivity index (χ3v) is 4.35. The summed E-state index contributed by atoms with van der Waals surface area (Å²) < 4.78 is 25.3. The molecule has 110 valence electrons. The molecule has 0 unspecified atom stereocenters. The zero-order valence-electron chi connectivity index (χ0n) is 11.1. The molecule has 0 aromatic heterocycles. The maximum Gasteiger partial charge on any atom is 0.288 e.